The van der Waals surface area contributed by atoms with E-state index in [4.69, 9.17) is 17.3 Å². The summed E-state index contributed by atoms with van der Waals surface area (Å²) in [6.07, 6.45) is 3.59. The molecule has 0 heterocycles. The van der Waals surface area contributed by atoms with E-state index in [0.29, 0.717) is 17.5 Å². The third-order valence-electron chi connectivity index (χ3n) is 3.69. The number of hydrogen-bond acceptors (Lipinski definition) is 1. The van der Waals surface area contributed by atoms with Crippen LogP contribution < -0.4 is 11.1 Å². The van der Waals surface area contributed by atoms with E-state index in [0.717, 1.165) is 17.7 Å². The first kappa shape index (κ1) is 14.0. The lowest BCUT2D eigenvalue weighted by atomic mass is 10.1. The summed E-state index contributed by atoms with van der Waals surface area (Å²) in [5.41, 5.74) is 10.9. The van der Waals surface area contributed by atoms with Crippen LogP contribution in [0.2, 0.25) is 5.02 Å². The highest BCUT2D eigenvalue weighted by molar-refractivity contribution is 6.30. The van der Waals surface area contributed by atoms with Gasteiger partial charge in [0.15, 0.2) is 5.96 Å². The van der Waals surface area contributed by atoms with Gasteiger partial charge in [-0.05, 0) is 60.2 Å². The second kappa shape index (κ2) is 6.19. The van der Waals surface area contributed by atoms with Crippen molar-refractivity contribution < 1.29 is 0 Å². The smallest absolute Gasteiger partial charge is 0.193 e. The number of halogens is 1. The molecule has 3 nitrogen and oxygen atoms in total. The highest BCUT2D eigenvalue weighted by Gasteiger charge is 2.10. The standard InChI is InChI=1S/C17H18ClN3/c18-15-6-1-3-12(9-15)11-20-17(19)21-16-8-7-13-4-2-5-14(13)10-16/h1,3,6-10H,2,4-5,11H2,(H3,19,20,21). The number of aliphatic imine (C=N–C) groups is 1. The van der Waals surface area contributed by atoms with Crippen LogP contribution in [0.1, 0.15) is 23.1 Å². The molecule has 3 N–H and O–H groups in total. The predicted octanol–water partition coefficient (Wildman–Crippen LogP) is 3.76. The highest BCUT2D eigenvalue weighted by atomic mass is 35.5. The Bertz CT molecular complexity index is 679. The van der Waals surface area contributed by atoms with Crippen molar-refractivity contribution in [1.82, 2.24) is 0 Å². The van der Waals surface area contributed by atoms with Gasteiger partial charge in [-0.3, -0.25) is 0 Å². The van der Waals surface area contributed by atoms with Gasteiger partial charge in [0, 0.05) is 10.7 Å². The van der Waals surface area contributed by atoms with Crippen molar-refractivity contribution >= 4 is 23.2 Å². The number of anilines is 1. The van der Waals surface area contributed by atoms with Crippen LogP contribution >= 0.6 is 11.6 Å². The molecule has 0 unspecified atom stereocenters. The molecular weight excluding hydrogens is 282 g/mol. The third-order valence-corrected chi connectivity index (χ3v) is 3.93. The minimum absolute atomic E-state index is 0.424. The van der Waals surface area contributed by atoms with Crippen LogP contribution in [-0.4, -0.2) is 5.96 Å². The summed E-state index contributed by atoms with van der Waals surface area (Å²) >= 11 is 5.95. The number of nitrogens with two attached hydrogens (primary N) is 1. The fourth-order valence-electron chi connectivity index (χ4n) is 2.65. The maximum absolute atomic E-state index is 5.95. The van der Waals surface area contributed by atoms with E-state index in [1.807, 2.05) is 24.3 Å². The number of guanidine groups is 1. The Balaban J connectivity index is 1.65. The van der Waals surface area contributed by atoms with E-state index in [9.17, 15) is 0 Å². The summed E-state index contributed by atoms with van der Waals surface area (Å²) in [5.74, 6) is 0.424. The average Bonchev–Trinajstić information content (AvgIpc) is 2.93. The Labute approximate surface area is 129 Å². The van der Waals surface area contributed by atoms with Crippen LogP contribution in [0.25, 0.3) is 0 Å². The van der Waals surface area contributed by atoms with E-state index < -0.39 is 0 Å². The molecule has 0 fully saturated rings. The van der Waals surface area contributed by atoms with Gasteiger partial charge in [0.2, 0.25) is 0 Å². The van der Waals surface area contributed by atoms with Gasteiger partial charge in [-0.25, -0.2) is 4.99 Å². The lowest BCUT2D eigenvalue weighted by molar-refractivity contribution is 0.912. The van der Waals surface area contributed by atoms with E-state index in [-0.39, 0.29) is 0 Å². The van der Waals surface area contributed by atoms with Crippen molar-refractivity contribution in [3.8, 4) is 0 Å². The SMILES string of the molecule is NC(=NCc1cccc(Cl)c1)Nc1ccc2c(c1)CCC2. The van der Waals surface area contributed by atoms with E-state index in [2.05, 4.69) is 28.5 Å². The molecular formula is C17H18ClN3. The van der Waals surface area contributed by atoms with E-state index in [1.54, 1.807) is 0 Å². The molecule has 0 saturated carbocycles. The quantitative estimate of drug-likeness (QED) is 0.670. The molecule has 0 saturated heterocycles. The first-order valence-corrected chi connectivity index (χ1v) is 7.52. The fraction of sp³-hybridized carbons (Fsp3) is 0.235. The van der Waals surface area contributed by atoms with Crippen LogP contribution in [0.3, 0.4) is 0 Å². The molecule has 1 aliphatic carbocycles. The van der Waals surface area contributed by atoms with Crippen LogP contribution in [-0.2, 0) is 19.4 Å². The summed E-state index contributed by atoms with van der Waals surface area (Å²) in [4.78, 5) is 4.35. The summed E-state index contributed by atoms with van der Waals surface area (Å²) in [6.45, 7) is 0.518. The van der Waals surface area contributed by atoms with Gasteiger partial charge < -0.3 is 11.1 Å². The molecule has 21 heavy (non-hydrogen) atoms. The maximum atomic E-state index is 5.95. The topological polar surface area (TPSA) is 50.4 Å². The van der Waals surface area contributed by atoms with E-state index in [1.165, 1.54) is 24.0 Å². The molecule has 3 rings (SSSR count). The first-order valence-electron chi connectivity index (χ1n) is 7.14. The summed E-state index contributed by atoms with van der Waals surface area (Å²) in [5, 5.41) is 3.87. The van der Waals surface area contributed by atoms with Crippen LogP contribution in [0.4, 0.5) is 5.69 Å². The van der Waals surface area contributed by atoms with Gasteiger partial charge in [-0.1, -0.05) is 29.8 Å². The van der Waals surface area contributed by atoms with Crippen LogP contribution in [0.15, 0.2) is 47.5 Å². The molecule has 4 heteroatoms. The van der Waals surface area contributed by atoms with Crippen molar-refractivity contribution in [3.05, 3.63) is 64.2 Å². The molecule has 0 amide bonds. The van der Waals surface area contributed by atoms with Crippen LogP contribution in [0.5, 0.6) is 0 Å². The third kappa shape index (κ3) is 3.56. The number of rotatable bonds is 3. The Hall–Kier alpha value is -2.00. The van der Waals surface area contributed by atoms with Gasteiger partial charge in [0.05, 0.1) is 6.54 Å². The summed E-state index contributed by atoms with van der Waals surface area (Å²) < 4.78 is 0. The van der Waals surface area contributed by atoms with Crippen LogP contribution in [0, 0.1) is 0 Å². The van der Waals surface area contributed by atoms with Crippen molar-refractivity contribution in [1.29, 1.82) is 0 Å². The van der Waals surface area contributed by atoms with E-state index >= 15 is 0 Å². The Morgan fingerprint density at radius 3 is 2.86 bits per heavy atom. The molecule has 2 aromatic carbocycles. The molecule has 108 valence electrons. The number of hydrogen-bond donors (Lipinski definition) is 2. The minimum atomic E-state index is 0.424. The van der Waals surface area contributed by atoms with Crippen molar-refractivity contribution in [3.63, 3.8) is 0 Å². The molecule has 0 aliphatic heterocycles. The highest BCUT2D eigenvalue weighted by Crippen LogP contribution is 2.24. The molecule has 0 spiro atoms. The predicted molar refractivity (Wildman–Crippen MR) is 88.9 cm³/mol. The van der Waals surface area contributed by atoms with Crippen molar-refractivity contribution in [2.24, 2.45) is 10.7 Å². The number of benzene rings is 2. The van der Waals surface area contributed by atoms with Gasteiger partial charge >= 0.3 is 0 Å². The second-order valence-corrected chi connectivity index (χ2v) is 5.73. The number of fused-ring (bicyclic) bond motifs is 1. The fourth-order valence-corrected chi connectivity index (χ4v) is 2.86. The lowest BCUT2D eigenvalue weighted by Gasteiger charge is -2.08. The number of aryl methyl sites for hydroxylation is 2. The molecule has 0 radical (unpaired) electrons. The number of nitrogens with one attached hydrogen (secondary N) is 1. The Morgan fingerprint density at radius 2 is 2.00 bits per heavy atom. The van der Waals surface area contributed by atoms with Gasteiger partial charge in [0.25, 0.3) is 0 Å². The average molecular weight is 300 g/mol. The zero-order chi connectivity index (χ0) is 14.7. The van der Waals surface area contributed by atoms with Crippen molar-refractivity contribution in [2.45, 2.75) is 25.8 Å². The minimum Gasteiger partial charge on any atom is -0.370 e. The van der Waals surface area contributed by atoms with Gasteiger partial charge in [0.1, 0.15) is 0 Å². The lowest BCUT2D eigenvalue weighted by Crippen LogP contribution is -2.22. The first-order chi connectivity index (χ1) is 10.2. The normalized spacial score (nSPS) is 14.0. The van der Waals surface area contributed by atoms with Gasteiger partial charge in [-0.15, -0.1) is 0 Å². The largest absolute Gasteiger partial charge is 0.370 e. The molecule has 0 bridgehead atoms. The summed E-state index contributed by atoms with van der Waals surface area (Å²) in [7, 11) is 0. The van der Waals surface area contributed by atoms with Gasteiger partial charge in [-0.2, -0.15) is 0 Å². The zero-order valence-electron chi connectivity index (χ0n) is 11.8. The second-order valence-electron chi connectivity index (χ2n) is 5.29. The zero-order valence-corrected chi connectivity index (χ0v) is 12.5. The Kier molecular flexibility index (Phi) is 4.11. The number of nitrogens with zero attached hydrogens (tertiary/aromatic N) is 1. The molecule has 1 aliphatic rings. The molecule has 0 atom stereocenters. The molecule has 0 aromatic heterocycles. The van der Waals surface area contributed by atoms with Crippen molar-refractivity contribution in [2.75, 3.05) is 5.32 Å². The summed E-state index contributed by atoms with van der Waals surface area (Å²) in [6, 6.07) is 14.1. The molecule has 2 aromatic rings. The maximum Gasteiger partial charge on any atom is 0.193 e. The Morgan fingerprint density at radius 1 is 1.14 bits per heavy atom. The monoisotopic (exact) mass is 299 g/mol.